The quantitative estimate of drug-likeness (QED) is 0.820. The van der Waals surface area contributed by atoms with E-state index in [-0.39, 0.29) is 18.1 Å². The Hall–Kier alpha value is -1.48. The van der Waals surface area contributed by atoms with Crippen molar-refractivity contribution in [1.82, 2.24) is 19.5 Å². The van der Waals surface area contributed by atoms with Crippen molar-refractivity contribution in [2.75, 3.05) is 44.4 Å². The molecule has 0 spiro atoms. The molecule has 0 aliphatic carbocycles. The SMILES string of the molecule is OCCc1nc2c(N3CCOCC3)nc(Cl)nc2n1C1CCCCO1. The number of hydrogen-bond donors (Lipinski definition) is 1. The average Bonchev–Trinajstić information content (AvgIpc) is 3.00. The molecule has 1 unspecified atom stereocenters. The summed E-state index contributed by atoms with van der Waals surface area (Å²) in [4.78, 5) is 15.8. The number of anilines is 1. The summed E-state index contributed by atoms with van der Waals surface area (Å²) < 4.78 is 13.4. The lowest BCUT2D eigenvalue weighted by Crippen LogP contribution is -2.37. The molecule has 2 aromatic rings. The summed E-state index contributed by atoms with van der Waals surface area (Å²) in [6.45, 7) is 3.52. The van der Waals surface area contributed by atoms with Crippen molar-refractivity contribution in [2.45, 2.75) is 31.9 Å². The van der Waals surface area contributed by atoms with Crippen molar-refractivity contribution in [1.29, 1.82) is 0 Å². The van der Waals surface area contributed by atoms with E-state index in [1.807, 2.05) is 4.57 Å². The first-order chi connectivity index (χ1) is 12.3. The van der Waals surface area contributed by atoms with Crippen LogP contribution in [0.5, 0.6) is 0 Å². The lowest BCUT2D eigenvalue weighted by Gasteiger charge is -2.28. The first-order valence-corrected chi connectivity index (χ1v) is 9.15. The van der Waals surface area contributed by atoms with E-state index >= 15 is 0 Å². The number of hydrogen-bond acceptors (Lipinski definition) is 7. The zero-order valence-corrected chi connectivity index (χ0v) is 14.8. The highest BCUT2D eigenvalue weighted by Gasteiger charge is 2.27. The lowest BCUT2D eigenvalue weighted by molar-refractivity contribution is -0.0315. The average molecular weight is 368 g/mol. The molecule has 0 radical (unpaired) electrons. The van der Waals surface area contributed by atoms with E-state index in [1.165, 1.54) is 0 Å². The molecule has 25 heavy (non-hydrogen) atoms. The molecule has 2 saturated heterocycles. The molecule has 4 rings (SSSR count). The van der Waals surface area contributed by atoms with Crippen LogP contribution >= 0.6 is 11.6 Å². The Balaban J connectivity index is 1.84. The van der Waals surface area contributed by atoms with Crippen LogP contribution in [0.25, 0.3) is 11.2 Å². The van der Waals surface area contributed by atoms with Gasteiger partial charge in [0, 0.05) is 26.1 Å². The van der Waals surface area contributed by atoms with Crippen LogP contribution in [0, 0.1) is 0 Å². The third kappa shape index (κ3) is 3.31. The van der Waals surface area contributed by atoms with Gasteiger partial charge in [-0.05, 0) is 30.9 Å². The summed E-state index contributed by atoms with van der Waals surface area (Å²) >= 11 is 6.23. The van der Waals surface area contributed by atoms with E-state index < -0.39 is 0 Å². The normalized spacial score (nSPS) is 21.8. The molecule has 1 atom stereocenters. The Bertz CT molecular complexity index is 741. The minimum atomic E-state index is -0.121. The van der Waals surface area contributed by atoms with Crippen LogP contribution in [0.2, 0.25) is 5.28 Å². The van der Waals surface area contributed by atoms with Gasteiger partial charge in [-0.2, -0.15) is 9.97 Å². The highest BCUT2D eigenvalue weighted by Crippen LogP contribution is 2.32. The number of aromatic nitrogens is 4. The summed E-state index contributed by atoms with van der Waals surface area (Å²) in [5.74, 6) is 1.49. The standard InChI is InChI=1S/C16H22ClN5O3/c17-16-19-14(21-5-9-24-10-6-21)13-15(20-16)22(11(18-13)4-7-23)12-3-1-2-8-25-12/h12,23H,1-10H2. The molecular weight excluding hydrogens is 346 g/mol. The van der Waals surface area contributed by atoms with Crippen molar-refractivity contribution in [2.24, 2.45) is 0 Å². The van der Waals surface area contributed by atoms with Crippen molar-refractivity contribution < 1.29 is 14.6 Å². The lowest BCUT2D eigenvalue weighted by atomic mass is 10.2. The van der Waals surface area contributed by atoms with Crippen LogP contribution in [0.3, 0.4) is 0 Å². The van der Waals surface area contributed by atoms with Crippen molar-refractivity contribution in [3.63, 3.8) is 0 Å². The smallest absolute Gasteiger partial charge is 0.226 e. The maximum Gasteiger partial charge on any atom is 0.226 e. The molecule has 0 amide bonds. The summed E-state index contributed by atoms with van der Waals surface area (Å²) in [6.07, 6.45) is 3.38. The number of halogens is 1. The van der Waals surface area contributed by atoms with E-state index in [2.05, 4.69) is 14.9 Å². The fraction of sp³-hybridized carbons (Fsp3) is 0.688. The number of aliphatic hydroxyl groups excluding tert-OH is 1. The predicted octanol–water partition coefficient (Wildman–Crippen LogP) is 1.55. The molecule has 0 aromatic carbocycles. The van der Waals surface area contributed by atoms with E-state index in [9.17, 15) is 5.11 Å². The zero-order valence-electron chi connectivity index (χ0n) is 14.0. The van der Waals surface area contributed by atoms with E-state index in [0.29, 0.717) is 30.8 Å². The Kier molecular flexibility index (Phi) is 5.03. The Labute approximate surface area is 150 Å². The van der Waals surface area contributed by atoms with E-state index in [0.717, 1.165) is 50.6 Å². The number of rotatable bonds is 4. The van der Waals surface area contributed by atoms with Crippen LogP contribution in [0.4, 0.5) is 5.82 Å². The largest absolute Gasteiger partial charge is 0.396 e. The molecule has 2 fully saturated rings. The molecule has 8 nitrogen and oxygen atoms in total. The van der Waals surface area contributed by atoms with E-state index in [1.54, 1.807) is 0 Å². The van der Waals surface area contributed by atoms with Gasteiger partial charge in [0.1, 0.15) is 12.1 Å². The molecule has 2 aromatic heterocycles. The van der Waals surface area contributed by atoms with Gasteiger partial charge in [-0.15, -0.1) is 0 Å². The summed E-state index contributed by atoms with van der Waals surface area (Å²) in [6, 6.07) is 0. The summed E-state index contributed by atoms with van der Waals surface area (Å²) in [5, 5.41) is 9.65. The van der Waals surface area contributed by atoms with Crippen LogP contribution in [0.1, 0.15) is 31.3 Å². The van der Waals surface area contributed by atoms with Crippen LogP contribution < -0.4 is 4.90 Å². The second-order valence-corrected chi connectivity index (χ2v) is 6.62. The molecule has 1 N–H and O–H groups in total. The minimum absolute atomic E-state index is 0.0179. The van der Waals surface area contributed by atoms with Gasteiger partial charge in [-0.3, -0.25) is 4.57 Å². The van der Waals surface area contributed by atoms with Crippen molar-refractivity contribution >= 4 is 28.6 Å². The maximum absolute atomic E-state index is 9.46. The molecule has 0 saturated carbocycles. The second kappa shape index (κ2) is 7.41. The van der Waals surface area contributed by atoms with Gasteiger partial charge in [0.2, 0.25) is 5.28 Å². The number of nitrogens with zero attached hydrogens (tertiary/aromatic N) is 5. The molecule has 4 heterocycles. The molecule has 2 aliphatic heterocycles. The van der Waals surface area contributed by atoms with Gasteiger partial charge >= 0.3 is 0 Å². The second-order valence-electron chi connectivity index (χ2n) is 6.28. The molecule has 9 heteroatoms. The number of fused-ring (bicyclic) bond motifs is 1. The molecule has 0 bridgehead atoms. The van der Waals surface area contributed by atoms with Crippen LogP contribution in [0.15, 0.2) is 0 Å². The number of ether oxygens (including phenoxy) is 2. The van der Waals surface area contributed by atoms with E-state index in [4.69, 9.17) is 26.1 Å². The van der Waals surface area contributed by atoms with Crippen LogP contribution in [-0.2, 0) is 15.9 Å². The Morgan fingerprint density at radius 2 is 1.96 bits per heavy atom. The van der Waals surface area contributed by atoms with Crippen LogP contribution in [-0.4, -0.2) is 64.1 Å². The first kappa shape index (κ1) is 17.0. The maximum atomic E-state index is 9.46. The molecule has 2 aliphatic rings. The number of aliphatic hydroxyl groups is 1. The Morgan fingerprint density at radius 3 is 2.68 bits per heavy atom. The van der Waals surface area contributed by atoms with Gasteiger partial charge in [0.25, 0.3) is 0 Å². The van der Waals surface area contributed by atoms with Gasteiger partial charge in [-0.1, -0.05) is 0 Å². The fourth-order valence-corrected chi connectivity index (χ4v) is 3.64. The first-order valence-electron chi connectivity index (χ1n) is 8.77. The topological polar surface area (TPSA) is 85.5 Å². The van der Waals surface area contributed by atoms with Crippen molar-refractivity contribution in [3.8, 4) is 0 Å². The predicted molar refractivity (Wildman–Crippen MR) is 93.0 cm³/mol. The highest BCUT2D eigenvalue weighted by atomic mass is 35.5. The third-order valence-corrected chi connectivity index (χ3v) is 4.83. The van der Waals surface area contributed by atoms with Gasteiger partial charge in [-0.25, -0.2) is 4.98 Å². The summed E-state index contributed by atoms with van der Waals surface area (Å²) in [7, 11) is 0. The van der Waals surface area contributed by atoms with Crippen molar-refractivity contribution in [3.05, 3.63) is 11.1 Å². The van der Waals surface area contributed by atoms with Gasteiger partial charge < -0.3 is 19.5 Å². The minimum Gasteiger partial charge on any atom is -0.396 e. The molecular formula is C16H22ClN5O3. The number of imidazole rings is 1. The summed E-state index contributed by atoms with van der Waals surface area (Å²) in [5.41, 5.74) is 1.39. The Morgan fingerprint density at radius 1 is 1.12 bits per heavy atom. The molecule has 136 valence electrons. The van der Waals surface area contributed by atoms with Gasteiger partial charge in [0.15, 0.2) is 17.0 Å². The third-order valence-electron chi connectivity index (χ3n) is 4.66. The highest BCUT2D eigenvalue weighted by molar-refractivity contribution is 6.28. The van der Waals surface area contributed by atoms with Gasteiger partial charge in [0.05, 0.1) is 19.8 Å². The zero-order chi connectivity index (χ0) is 17.2. The fourth-order valence-electron chi connectivity index (χ4n) is 3.48. The number of morpholine rings is 1. The monoisotopic (exact) mass is 367 g/mol.